The standard InChI is InChI=1S/C46H90N2O6/c1-5-8-11-14-16-25-32-42-53-45(50)36-28-21-17-23-30-38-47(40-33-41-48(52)43(4)49)39-31-24-18-22-29-37-46(51)54-44(34-26-19-13-10-7-3)35-27-20-15-12-9-6-2/h44,52H,5-42H2,1-4H3. The highest BCUT2D eigenvalue weighted by atomic mass is 16.5. The van der Waals surface area contributed by atoms with Crippen LogP contribution < -0.4 is 0 Å². The number of hydroxylamine groups is 2. The minimum atomic E-state index is -0.317. The molecule has 0 fully saturated rings. The Kier molecular flexibility index (Phi) is 39.7. The van der Waals surface area contributed by atoms with Gasteiger partial charge in [0.05, 0.1) is 6.61 Å². The van der Waals surface area contributed by atoms with Crippen molar-refractivity contribution < 1.29 is 29.1 Å². The molecule has 0 aliphatic carbocycles. The van der Waals surface area contributed by atoms with Crippen molar-refractivity contribution in [3.63, 3.8) is 0 Å². The van der Waals surface area contributed by atoms with Crippen molar-refractivity contribution >= 4 is 17.8 Å². The fourth-order valence-electron chi connectivity index (χ4n) is 7.16. The third-order valence-corrected chi connectivity index (χ3v) is 10.7. The maximum Gasteiger partial charge on any atom is 0.306 e. The predicted molar refractivity (Wildman–Crippen MR) is 226 cm³/mol. The van der Waals surface area contributed by atoms with Crippen LogP contribution in [-0.4, -0.2) is 71.9 Å². The van der Waals surface area contributed by atoms with E-state index in [1.165, 1.54) is 103 Å². The lowest BCUT2D eigenvalue weighted by molar-refractivity contribution is -0.163. The molecular formula is C46H90N2O6. The zero-order chi connectivity index (χ0) is 39.7. The second-order valence-corrected chi connectivity index (χ2v) is 16.1. The van der Waals surface area contributed by atoms with Crippen LogP contribution >= 0.6 is 0 Å². The van der Waals surface area contributed by atoms with Gasteiger partial charge >= 0.3 is 11.9 Å². The van der Waals surface area contributed by atoms with Crippen LogP contribution in [0.3, 0.4) is 0 Å². The lowest BCUT2D eigenvalue weighted by atomic mass is 10.0. The molecule has 1 N–H and O–H groups in total. The predicted octanol–water partition coefficient (Wildman–Crippen LogP) is 12.9. The van der Waals surface area contributed by atoms with Crippen LogP contribution in [0.4, 0.5) is 0 Å². The van der Waals surface area contributed by atoms with Crippen LogP contribution in [0.1, 0.15) is 240 Å². The van der Waals surface area contributed by atoms with Crippen molar-refractivity contribution in [3.05, 3.63) is 0 Å². The highest BCUT2D eigenvalue weighted by molar-refractivity contribution is 5.71. The molecule has 0 saturated heterocycles. The largest absolute Gasteiger partial charge is 0.466 e. The molecule has 8 nitrogen and oxygen atoms in total. The lowest BCUT2D eigenvalue weighted by Gasteiger charge is -2.23. The average Bonchev–Trinajstić information content (AvgIpc) is 3.15. The quantitative estimate of drug-likeness (QED) is 0.0286. The normalized spacial score (nSPS) is 12.0. The molecule has 8 heteroatoms. The first-order chi connectivity index (χ1) is 26.3. The third-order valence-electron chi connectivity index (χ3n) is 10.7. The molecule has 0 aliphatic heterocycles. The van der Waals surface area contributed by atoms with E-state index in [1.54, 1.807) is 0 Å². The molecule has 320 valence electrons. The molecular weight excluding hydrogens is 677 g/mol. The van der Waals surface area contributed by atoms with E-state index in [4.69, 9.17) is 9.47 Å². The molecule has 54 heavy (non-hydrogen) atoms. The summed E-state index contributed by atoms with van der Waals surface area (Å²) in [5.41, 5.74) is 0. The summed E-state index contributed by atoms with van der Waals surface area (Å²) in [4.78, 5) is 38.7. The number of amides is 1. The van der Waals surface area contributed by atoms with Gasteiger partial charge < -0.3 is 14.4 Å². The fraction of sp³-hybridized carbons (Fsp3) is 0.935. The molecule has 1 unspecified atom stereocenters. The van der Waals surface area contributed by atoms with Crippen molar-refractivity contribution in [2.45, 2.75) is 246 Å². The smallest absolute Gasteiger partial charge is 0.306 e. The Balaban J connectivity index is 4.29. The van der Waals surface area contributed by atoms with Gasteiger partial charge in [-0.2, -0.15) is 0 Å². The Hall–Kier alpha value is -1.67. The van der Waals surface area contributed by atoms with E-state index in [1.807, 2.05) is 0 Å². The van der Waals surface area contributed by atoms with Crippen LogP contribution in [0.2, 0.25) is 0 Å². The number of carbonyl (C=O) groups excluding carboxylic acids is 3. The van der Waals surface area contributed by atoms with E-state index in [9.17, 15) is 19.6 Å². The first-order valence-corrected chi connectivity index (χ1v) is 23.4. The molecule has 0 heterocycles. The number of hydrogen-bond donors (Lipinski definition) is 1. The van der Waals surface area contributed by atoms with Crippen LogP contribution in [0.5, 0.6) is 0 Å². The van der Waals surface area contributed by atoms with Gasteiger partial charge in [0.15, 0.2) is 0 Å². The first-order valence-electron chi connectivity index (χ1n) is 23.4. The summed E-state index contributed by atoms with van der Waals surface area (Å²) in [5, 5.41) is 10.6. The van der Waals surface area contributed by atoms with E-state index in [0.717, 1.165) is 127 Å². The molecule has 1 atom stereocenters. The van der Waals surface area contributed by atoms with Crippen molar-refractivity contribution in [1.29, 1.82) is 0 Å². The zero-order valence-corrected chi connectivity index (χ0v) is 36.3. The van der Waals surface area contributed by atoms with Gasteiger partial charge in [-0.1, -0.05) is 156 Å². The van der Waals surface area contributed by atoms with E-state index in [0.29, 0.717) is 26.0 Å². The zero-order valence-electron chi connectivity index (χ0n) is 36.3. The summed E-state index contributed by atoms with van der Waals surface area (Å²) in [6, 6.07) is 0. The van der Waals surface area contributed by atoms with Crippen LogP contribution in [0, 0.1) is 0 Å². The SMILES string of the molecule is CCCCCCCCCOC(=O)CCCCCCCN(CCCCCCCC(=O)OC(CCCCCCC)CCCCCCCC)CCCN(O)C(C)=O. The molecule has 0 spiro atoms. The van der Waals surface area contributed by atoms with Gasteiger partial charge in [0.1, 0.15) is 6.10 Å². The van der Waals surface area contributed by atoms with E-state index >= 15 is 0 Å². The molecule has 0 aromatic heterocycles. The number of ether oxygens (including phenoxy) is 2. The molecule has 0 aliphatic rings. The first kappa shape index (κ1) is 52.3. The highest BCUT2D eigenvalue weighted by Gasteiger charge is 2.15. The number of unbranched alkanes of at least 4 members (excludes halogenated alkanes) is 23. The fourth-order valence-corrected chi connectivity index (χ4v) is 7.16. The average molecular weight is 767 g/mol. The monoisotopic (exact) mass is 767 g/mol. The van der Waals surface area contributed by atoms with Gasteiger partial charge in [0.2, 0.25) is 5.91 Å². The molecule has 0 rings (SSSR count). The molecule has 0 radical (unpaired) electrons. The summed E-state index contributed by atoms with van der Waals surface area (Å²) in [7, 11) is 0. The van der Waals surface area contributed by atoms with E-state index < -0.39 is 0 Å². The Labute approximate surface area is 334 Å². The topological polar surface area (TPSA) is 96.4 Å². The van der Waals surface area contributed by atoms with E-state index in [2.05, 4.69) is 25.7 Å². The molecule has 0 saturated carbocycles. The molecule has 0 bridgehead atoms. The van der Waals surface area contributed by atoms with Crippen molar-refractivity contribution in [2.24, 2.45) is 0 Å². The summed E-state index contributed by atoms with van der Waals surface area (Å²) >= 11 is 0. The summed E-state index contributed by atoms with van der Waals surface area (Å²) < 4.78 is 11.4. The Morgan fingerprint density at radius 1 is 0.463 bits per heavy atom. The number of nitrogens with zero attached hydrogens (tertiary/aromatic N) is 2. The Bertz CT molecular complexity index is 840. The van der Waals surface area contributed by atoms with Gasteiger partial charge in [-0.3, -0.25) is 19.6 Å². The maximum absolute atomic E-state index is 12.7. The van der Waals surface area contributed by atoms with Crippen LogP contribution in [-0.2, 0) is 23.9 Å². The van der Waals surface area contributed by atoms with Crippen LogP contribution in [0.25, 0.3) is 0 Å². The van der Waals surface area contributed by atoms with Crippen LogP contribution in [0.15, 0.2) is 0 Å². The summed E-state index contributed by atoms with van der Waals surface area (Å²) in [6.45, 7) is 11.9. The van der Waals surface area contributed by atoms with Gasteiger partial charge in [0, 0.05) is 26.3 Å². The minimum Gasteiger partial charge on any atom is -0.466 e. The number of hydrogen-bond acceptors (Lipinski definition) is 7. The van der Waals surface area contributed by atoms with Crippen molar-refractivity contribution in [2.75, 3.05) is 32.8 Å². The van der Waals surface area contributed by atoms with Gasteiger partial charge in [-0.15, -0.1) is 0 Å². The number of carbonyl (C=O) groups is 3. The lowest BCUT2D eigenvalue weighted by Crippen LogP contribution is -2.32. The van der Waals surface area contributed by atoms with Gasteiger partial charge in [0.25, 0.3) is 0 Å². The van der Waals surface area contributed by atoms with E-state index in [-0.39, 0.29) is 23.9 Å². The molecule has 0 aromatic carbocycles. The summed E-state index contributed by atoms with van der Waals surface area (Å²) in [6.07, 6.45) is 37.0. The number of esters is 2. The Morgan fingerprint density at radius 2 is 0.852 bits per heavy atom. The second kappa shape index (κ2) is 41.0. The molecule has 1 amide bonds. The summed E-state index contributed by atoms with van der Waals surface area (Å²) in [5.74, 6) is -0.373. The maximum atomic E-state index is 12.7. The third kappa shape index (κ3) is 37.3. The number of rotatable bonds is 42. The Morgan fingerprint density at radius 3 is 1.33 bits per heavy atom. The minimum absolute atomic E-state index is 0.00654. The highest BCUT2D eigenvalue weighted by Crippen LogP contribution is 2.18. The van der Waals surface area contributed by atoms with Gasteiger partial charge in [-0.05, 0) is 83.8 Å². The van der Waals surface area contributed by atoms with Gasteiger partial charge in [-0.25, -0.2) is 5.06 Å². The second-order valence-electron chi connectivity index (χ2n) is 16.1. The molecule has 0 aromatic rings. The van der Waals surface area contributed by atoms with Crippen molar-refractivity contribution in [3.8, 4) is 0 Å². The van der Waals surface area contributed by atoms with Crippen molar-refractivity contribution in [1.82, 2.24) is 9.96 Å².